The summed E-state index contributed by atoms with van der Waals surface area (Å²) in [4.78, 5) is 15.3. The van der Waals surface area contributed by atoms with Gasteiger partial charge in [0.15, 0.2) is 9.84 Å². The fraction of sp³-hybridized carbons (Fsp3) is 0.222. The first-order valence-corrected chi connectivity index (χ1v) is 13.0. The molecule has 0 radical (unpaired) electrons. The highest BCUT2D eigenvalue weighted by molar-refractivity contribution is 7.90. The second kappa shape index (κ2) is 10.1. The lowest BCUT2D eigenvalue weighted by Gasteiger charge is -2.19. The zero-order valence-electron chi connectivity index (χ0n) is 19.3. The van der Waals surface area contributed by atoms with Crippen LogP contribution in [0, 0.1) is 0 Å². The predicted octanol–water partition coefficient (Wildman–Crippen LogP) is 4.63. The molecule has 0 aliphatic rings. The van der Waals surface area contributed by atoms with Crippen LogP contribution in [0.2, 0.25) is 0 Å². The van der Waals surface area contributed by atoms with Crippen LogP contribution in [-0.4, -0.2) is 50.2 Å². The first-order valence-electron chi connectivity index (χ1n) is 11.1. The third-order valence-electron chi connectivity index (χ3n) is 5.70. The van der Waals surface area contributed by atoms with Crippen molar-refractivity contribution in [1.82, 2.24) is 9.47 Å². The van der Waals surface area contributed by atoms with E-state index in [0.717, 1.165) is 16.5 Å². The zero-order valence-corrected chi connectivity index (χ0v) is 20.2. The van der Waals surface area contributed by atoms with Crippen LogP contribution in [0.3, 0.4) is 0 Å². The number of hydrogen-bond donors (Lipinski definition) is 0. The molecule has 176 valence electrons. The Morgan fingerprint density at radius 1 is 0.941 bits per heavy atom. The first kappa shape index (κ1) is 23.6. The maximum absolute atomic E-state index is 13.3. The SMILES string of the molecule is CN(CCCOc1cccc(S(C)(=O)=O)c1)C(=O)c1cc2ccccc2n1Cc1ccccc1. The number of ether oxygens (including phenoxy) is 1. The van der Waals surface area contributed by atoms with Crippen molar-refractivity contribution in [3.05, 3.63) is 96.2 Å². The molecule has 0 fully saturated rings. The molecule has 0 saturated heterocycles. The van der Waals surface area contributed by atoms with Crippen LogP contribution in [0.1, 0.15) is 22.5 Å². The van der Waals surface area contributed by atoms with E-state index in [1.165, 1.54) is 12.3 Å². The fourth-order valence-corrected chi connectivity index (χ4v) is 4.56. The first-order chi connectivity index (χ1) is 16.3. The van der Waals surface area contributed by atoms with Crippen LogP contribution in [0.25, 0.3) is 10.9 Å². The number of nitrogens with zero attached hydrogens (tertiary/aromatic N) is 2. The third-order valence-corrected chi connectivity index (χ3v) is 6.81. The van der Waals surface area contributed by atoms with Gasteiger partial charge in [0.1, 0.15) is 11.4 Å². The number of amides is 1. The maximum Gasteiger partial charge on any atom is 0.270 e. The molecule has 34 heavy (non-hydrogen) atoms. The number of carbonyl (C=O) groups excluding carboxylic acids is 1. The van der Waals surface area contributed by atoms with Crippen LogP contribution in [0.5, 0.6) is 5.75 Å². The molecule has 1 heterocycles. The number of aromatic nitrogens is 1. The molecule has 1 aromatic heterocycles. The van der Waals surface area contributed by atoms with Gasteiger partial charge in [0.25, 0.3) is 5.91 Å². The molecule has 4 aromatic rings. The molecule has 0 spiro atoms. The standard InChI is InChI=1S/C27H28N2O4S/c1-28(16-9-17-33-23-13-8-14-24(19-23)34(2,31)32)27(30)26-18-22-12-6-7-15-25(22)29(26)20-21-10-4-3-5-11-21/h3-8,10-15,18-19H,9,16-17,20H2,1-2H3. The van der Waals surface area contributed by atoms with Crippen molar-refractivity contribution in [1.29, 1.82) is 0 Å². The Morgan fingerprint density at radius 2 is 1.68 bits per heavy atom. The summed E-state index contributed by atoms with van der Waals surface area (Å²) in [6.07, 6.45) is 1.79. The van der Waals surface area contributed by atoms with Crippen molar-refractivity contribution < 1.29 is 17.9 Å². The molecule has 0 aliphatic carbocycles. The Labute approximate surface area is 200 Å². The Bertz CT molecular complexity index is 1390. The summed E-state index contributed by atoms with van der Waals surface area (Å²) in [5.74, 6) is 0.450. The summed E-state index contributed by atoms with van der Waals surface area (Å²) in [6, 6.07) is 26.5. The van der Waals surface area contributed by atoms with Crippen molar-refractivity contribution in [3.63, 3.8) is 0 Å². The lowest BCUT2D eigenvalue weighted by atomic mass is 10.2. The Hall–Kier alpha value is -3.58. The van der Waals surface area contributed by atoms with Crippen LogP contribution >= 0.6 is 0 Å². The monoisotopic (exact) mass is 476 g/mol. The molecule has 1 amide bonds. The van der Waals surface area contributed by atoms with Crippen molar-refractivity contribution >= 4 is 26.6 Å². The summed E-state index contributed by atoms with van der Waals surface area (Å²) in [6.45, 7) is 1.50. The van der Waals surface area contributed by atoms with E-state index in [1.54, 1.807) is 30.1 Å². The molecule has 4 rings (SSSR count). The second-order valence-corrected chi connectivity index (χ2v) is 10.4. The lowest BCUT2D eigenvalue weighted by Crippen LogP contribution is -2.30. The van der Waals surface area contributed by atoms with E-state index in [2.05, 4.69) is 16.7 Å². The molecule has 0 saturated carbocycles. The summed E-state index contributed by atoms with van der Waals surface area (Å²) < 4.78 is 31.2. The molecule has 0 bridgehead atoms. The number of carbonyl (C=O) groups is 1. The minimum absolute atomic E-state index is 0.0498. The van der Waals surface area contributed by atoms with E-state index in [4.69, 9.17) is 4.74 Å². The van der Waals surface area contributed by atoms with Crippen LogP contribution < -0.4 is 4.74 Å². The molecular formula is C27H28N2O4S. The van der Waals surface area contributed by atoms with Crippen LogP contribution in [0.15, 0.2) is 89.8 Å². The number of fused-ring (bicyclic) bond motifs is 1. The van der Waals surface area contributed by atoms with Gasteiger partial charge in [-0.05, 0) is 42.3 Å². The molecule has 7 heteroatoms. The molecule has 0 N–H and O–H groups in total. The summed E-state index contributed by atoms with van der Waals surface area (Å²) in [5.41, 5.74) is 2.80. The molecule has 0 unspecified atom stereocenters. The van der Waals surface area contributed by atoms with Gasteiger partial charge in [0.2, 0.25) is 0 Å². The van der Waals surface area contributed by atoms with Crippen molar-refractivity contribution in [2.45, 2.75) is 17.9 Å². The van der Waals surface area contributed by atoms with Gasteiger partial charge in [-0.25, -0.2) is 8.42 Å². The minimum atomic E-state index is -3.28. The largest absolute Gasteiger partial charge is 0.493 e. The summed E-state index contributed by atoms with van der Waals surface area (Å²) in [5, 5.41) is 1.03. The van der Waals surface area contributed by atoms with Crippen LogP contribution in [-0.2, 0) is 16.4 Å². The molecule has 0 atom stereocenters. The maximum atomic E-state index is 13.3. The molecule has 6 nitrogen and oxygen atoms in total. The predicted molar refractivity (Wildman–Crippen MR) is 134 cm³/mol. The number of benzene rings is 3. The van der Waals surface area contributed by atoms with Gasteiger partial charge in [-0.1, -0.05) is 54.6 Å². The van der Waals surface area contributed by atoms with Gasteiger partial charge < -0.3 is 14.2 Å². The number of rotatable bonds is 9. The van der Waals surface area contributed by atoms with Crippen LogP contribution in [0.4, 0.5) is 0 Å². The van der Waals surface area contributed by atoms with E-state index in [1.807, 2.05) is 48.5 Å². The summed E-state index contributed by atoms with van der Waals surface area (Å²) >= 11 is 0. The van der Waals surface area contributed by atoms with Gasteiger partial charge in [0.05, 0.1) is 11.5 Å². The Morgan fingerprint density at radius 3 is 2.44 bits per heavy atom. The van der Waals surface area contributed by atoms with Gasteiger partial charge in [0, 0.05) is 37.3 Å². The van der Waals surface area contributed by atoms with Gasteiger partial charge in [-0.15, -0.1) is 0 Å². The number of sulfone groups is 1. The van der Waals surface area contributed by atoms with Crippen molar-refractivity contribution in [2.75, 3.05) is 26.5 Å². The van der Waals surface area contributed by atoms with E-state index >= 15 is 0 Å². The second-order valence-electron chi connectivity index (χ2n) is 8.34. The van der Waals surface area contributed by atoms with E-state index in [0.29, 0.717) is 37.6 Å². The van der Waals surface area contributed by atoms with E-state index in [9.17, 15) is 13.2 Å². The molecular weight excluding hydrogens is 448 g/mol. The lowest BCUT2D eigenvalue weighted by molar-refractivity contribution is 0.0778. The van der Waals surface area contributed by atoms with Gasteiger partial charge >= 0.3 is 0 Å². The quantitative estimate of drug-likeness (QED) is 0.330. The Kier molecular flexibility index (Phi) is 7.03. The minimum Gasteiger partial charge on any atom is -0.493 e. The fourth-order valence-electron chi connectivity index (χ4n) is 3.91. The normalized spacial score (nSPS) is 11.5. The van der Waals surface area contributed by atoms with E-state index < -0.39 is 9.84 Å². The zero-order chi connectivity index (χ0) is 24.1. The van der Waals surface area contributed by atoms with Crippen molar-refractivity contribution in [2.24, 2.45) is 0 Å². The third kappa shape index (κ3) is 5.48. The smallest absolute Gasteiger partial charge is 0.270 e. The number of hydrogen-bond acceptors (Lipinski definition) is 4. The highest BCUT2D eigenvalue weighted by atomic mass is 32.2. The highest BCUT2D eigenvalue weighted by Gasteiger charge is 2.19. The van der Waals surface area contributed by atoms with Gasteiger partial charge in [-0.2, -0.15) is 0 Å². The van der Waals surface area contributed by atoms with E-state index in [-0.39, 0.29) is 10.8 Å². The average Bonchev–Trinajstić information content (AvgIpc) is 3.20. The highest BCUT2D eigenvalue weighted by Crippen LogP contribution is 2.23. The average molecular weight is 477 g/mol. The van der Waals surface area contributed by atoms with Crippen molar-refractivity contribution in [3.8, 4) is 5.75 Å². The topological polar surface area (TPSA) is 68.6 Å². The Balaban J connectivity index is 1.43. The van der Waals surface area contributed by atoms with Gasteiger partial charge in [-0.3, -0.25) is 4.79 Å². The molecule has 3 aromatic carbocycles. The summed E-state index contributed by atoms with van der Waals surface area (Å²) in [7, 11) is -1.50. The number of para-hydroxylation sites is 1. The molecule has 0 aliphatic heterocycles.